The summed E-state index contributed by atoms with van der Waals surface area (Å²) < 4.78 is 34.1. The van der Waals surface area contributed by atoms with E-state index in [0.29, 0.717) is 12.1 Å². The first-order chi connectivity index (χ1) is 9.34. The standard InChI is InChI=1S/C6H3N3O7.H2O4S/c10-6-4(8(13)14)1-3(7(11)12)2-5(6)9(15)16;1-5(2,3)4/h1-2,10H;(H2,1,2,3,4)/p-3. The molecule has 0 fully saturated rings. The smallest absolute Gasteiger partial charge is 0.283 e. The fraction of sp³-hybridized carbons (Fsp3) is 0. The molecule has 0 aliphatic heterocycles. The van der Waals surface area contributed by atoms with Crippen molar-refractivity contribution in [3.8, 4) is 5.75 Å². The van der Waals surface area contributed by atoms with E-state index in [2.05, 4.69) is 0 Å². The van der Waals surface area contributed by atoms with E-state index in [-0.39, 0.29) is 0 Å². The molecule has 21 heavy (non-hydrogen) atoms. The first-order valence-corrected chi connectivity index (χ1v) is 5.63. The molecule has 116 valence electrons. The van der Waals surface area contributed by atoms with Crippen LogP contribution in [-0.2, 0) is 10.4 Å². The van der Waals surface area contributed by atoms with Gasteiger partial charge < -0.3 is 14.2 Å². The Morgan fingerprint density at radius 3 is 1.29 bits per heavy atom. The molecule has 1 rings (SSSR count). The highest BCUT2D eigenvalue weighted by molar-refractivity contribution is 7.79. The first-order valence-electron chi connectivity index (χ1n) is 4.29. The summed E-state index contributed by atoms with van der Waals surface area (Å²) in [5.74, 6) is -1.46. The highest BCUT2D eigenvalue weighted by Crippen LogP contribution is 2.36. The summed E-state index contributed by atoms with van der Waals surface area (Å²) in [6.07, 6.45) is 0. The van der Waals surface area contributed by atoms with Gasteiger partial charge in [0.25, 0.3) is 17.1 Å². The van der Waals surface area contributed by atoms with Crippen LogP contribution in [-0.4, -0.2) is 32.3 Å². The van der Waals surface area contributed by atoms with E-state index in [1.165, 1.54) is 0 Å². The molecule has 0 bridgehead atoms. The summed E-state index contributed by atoms with van der Waals surface area (Å²) in [6, 6.07) is 0.769. The highest BCUT2D eigenvalue weighted by atomic mass is 32.3. The maximum absolute atomic E-state index is 11.1. The summed E-state index contributed by atoms with van der Waals surface area (Å²) in [6.45, 7) is 0. The van der Waals surface area contributed by atoms with Crippen molar-refractivity contribution in [2.45, 2.75) is 0 Å². The fourth-order valence-electron chi connectivity index (χ4n) is 0.961. The lowest BCUT2D eigenvalue weighted by atomic mass is 10.2. The third-order valence-electron chi connectivity index (χ3n) is 1.64. The van der Waals surface area contributed by atoms with Crippen molar-refractivity contribution in [1.29, 1.82) is 0 Å². The number of rotatable bonds is 3. The van der Waals surface area contributed by atoms with Gasteiger partial charge in [0.05, 0.1) is 32.7 Å². The molecule has 1 aromatic carbocycles. The minimum Gasteiger partial charge on any atom is -0.863 e. The molecule has 1 aromatic rings. The minimum atomic E-state index is -5.17. The second-order valence-corrected chi connectivity index (χ2v) is 3.81. The highest BCUT2D eigenvalue weighted by Gasteiger charge is 2.24. The number of non-ortho nitro benzene ring substituents is 1. The molecule has 0 spiro atoms. The van der Waals surface area contributed by atoms with Crippen molar-refractivity contribution in [3.63, 3.8) is 0 Å². The van der Waals surface area contributed by atoms with Gasteiger partial charge in [0.2, 0.25) is 0 Å². The fourth-order valence-corrected chi connectivity index (χ4v) is 0.961. The maximum Gasteiger partial charge on any atom is 0.283 e. The normalized spacial score (nSPS) is 10.2. The Labute approximate surface area is 114 Å². The minimum absolute atomic E-state index is 0.384. The van der Waals surface area contributed by atoms with E-state index in [1.807, 2.05) is 0 Å². The number of benzene rings is 1. The van der Waals surface area contributed by atoms with Gasteiger partial charge in [0.1, 0.15) is 0 Å². The predicted octanol–water partition coefficient (Wildman–Crippen LogP) is -0.853. The summed E-state index contributed by atoms with van der Waals surface area (Å²) >= 11 is 0. The molecule has 0 aliphatic rings. The zero-order valence-electron chi connectivity index (χ0n) is 9.40. The second-order valence-electron chi connectivity index (χ2n) is 2.99. The van der Waals surface area contributed by atoms with Gasteiger partial charge in [-0.05, 0) is 0 Å². The Hall–Kier alpha value is -2.91. The topological polar surface area (TPSA) is 233 Å². The van der Waals surface area contributed by atoms with Crippen LogP contribution in [0, 0.1) is 30.3 Å². The summed E-state index contributed by atoms with van der Waals surface area (Å²) in [7, 11) is -5.17. The number of hydrogen-bond acceptors (Lipinski definition) is 11. The van der Waals surface area contributed by atoms with Gasteiger partial charge in [0.15, 0.2) is 0 Å². The van der Waals surface area contributed by atoms with Crippen molar-refractivity contribution in [1.82, 2.24) is 0 Å². The maximum atomic E-state index is 11.1. The van der Waals surface area contributed by atoms with Gasteiger partial charge in [-0.1, -0.05) is 0 Å². The average molecular weight is 324 g/mol. The molecule has 0 radical (unpaired) electrons. The lowest BCUT2D eigenvalue weighted by Crippen LogP contribution is -2.04. The molecule has 0 aliphatic carbocycles. The van der Waals surface area contributed by atoms with Crippen LogP contribution in [0.2, 0.25) is 0 Å². The van der Waals surface area contributed by atoms with E-state index >= 15 is 0 Å². The van der Waals surface area contributed by atoms with E-state index in [4.69, 9.17) is 17.5 Å². The van der Waals surface area contributed by atoms with Crippen molar-refractivity contribution in [2.24, 2.45) is 0 Å². The molecule has 0 amide bonds. The van der Waals surface area contributed by atoms with Gasteiger partial charge in [-0.15, -0.1) is 0 Å². The zero-order chi connectivity index (χ0) is 17.0. The van der Waals surface area contributed by atoms with Crippen molar-refractivity contribution < 1.29 is 37.4 Å². The van der Waals surface area contributed by atoms with Crippen molar-refractivity contribution in [3.05, 3.63) is 42.5 Å². The number of hydrogen-bond donors (Lipinski definition) is 0. The van der Waals surface area contributed by atoms with E-state index in [1.54, 1.807) is 0 Å². The first kappa shape index (κ1) is 18.1. The van der Waals surface area contributed by atoms with Gasteiger partial charge in [0, 0.05) is 10.4 Å². The van der Waals surface area contributed by atoms with Crippen LogP contribution in [0.25, 0.3) is 0 Å². The van der Waals surface area contributed by atoms with Crippen molar-refractivity contribution in [2.75, 3.05) is 0 Å². The van der Waals surface area contributed by atoms with Crippen LogP contribution in [0.5, 0.6) is 5.75 Å². The Morgan fingerprint density at radius 1 is 0.810 bits per heavy atom. The monoisotopic (exact) mass is 324 g/mol. The molecule has 0 saturated heterocycles. The Morgan fingerprint density at radius 2 is 1.10 bits per heavy atom. The van der Waals surface area contributed by atoms with E-state index < -0.39 is 48.0 Å². The summed E-state index contributed by atoms with van der Waals surface area (Å²) in [4.78, 5) is 27.5. The molecule has 14 nitrogen and oxygen atoms in total. The molecule has 0 aromatic heterocycles. The molecule has 0 heterocycles. The van der Waals surface area contributed by atoms with Crippen molar-refractivity contribution >= 4 is 27.5 Å². The zero-order valence-corrected chi connectivity index (χ0v) is 10.2. The molecule has 0 saturated carbocycles. The number of nitrogens with zero attached hydrogens (tertiary/aromatic N) is 3. The number of nitro benzene ring substituents is 3. The Kier molecular flexibility index (Phi) is 5.60. The van der Waals surface area contributed by atoms with E-state index in [9.17, 15) is 35.4 Å². The SMILES string of the molecule is O=S(=O)([O-])[O-].O=[N+]([O-])c1cc([N+](=O)[O-])c([O-])c([N+](=O)[O-])c1. The third-order valence-corrected chi connectivity index (χ3v) is 1.64. The lowest BCUT2D eigenvalue weighted by molar-refractivity contribution is -0.420. The van der Waals surface area contributed by atoms with Crippen LogP contribution in [0.15, 0.2) is 12.1 Å². The largest absolute Gasteiger partial charge is 0.863 e. The molecule has 0 N–H and O–H groups in total. The van der Waals surface area contributed by atoms with Crippen LogP contribution in [0.1, 0.15) is 0 Å². The van der Waals surface area contributed by atoms with Crippen LogP contribution in [0.4, 0.5) is 17.1 Å². The van der Waals surface area contributed by atoms with Crippen LogP contribution < -0.4 is 5.11 Å². The Bertz CT molecular complexity index is 653. The molecular weight excluding hydrogens is 322 g/mol. The summed E-state index contributed by atoms with van der Waals surface area (Å²) in [5.41, 5.74) is -3.26. The molecular formula is C6H2N3O11S-3. The quantitative estimate of drug-likeness (QED) is 0.287. The van der Waals surface area contributed by atoms with Gasteiger partial charge in [-0.2, -0.15) is 0 Å². The molecule has 0 unspecified atom stereocenters. The van der Waals surface area contributed by atoms with Crippen LogP contribution in [0.3, 0.4) is 0 Å². The number of nitro groups is 3. The molecule has 15 heteroatoms. The van der Waals surface area contributed by atoms with Gasteiger partial charge in [-0.25, -0.2) is 0 Å². The van der Waals surface area contributed by atoms with Gasteiger partial charge >= 0.3 is 0 Å². The average Bonchev–Trinajstić information content (AvgIpc) is 2.25. The summed E-state index contributed by atoms with van der Waals surface area (Å²) in [5, 5.41) is 42.1. The van der Waals surface area contributed by atoms with E-state index in [0.717, 1.165) is 0 Å². The second kappa shape index (κ2) is 6.50. The predicted molar refractivity (Wildman–Crippen MR) is 56.3 cm³/mol. The Balaban J connectivity index is 0.000000690. The van der Waals surface area contributed by atoms with Gasteiger partial charge in [-0.3, -0.25) is 38.8 Å². The molecule has 0 atom stereocenters. The third kappa shape index (κ3) is 6.18. The van der Waals surface area contributed by atoms with Crippen LogP contribution >= 0.6 is 0 Å². The lowest BCUT2D eigenvalue weighted by Gasteiger charge is -2.06.